The number of ether oxygens (including phenoxy) is 1. The highest BCUT2D eigenvalue weighted by atomic mass is 16.6. The zero-order valence-corrected chi connectivity index (χ0v) is 21.3. The summed E-state index contributed by atoms with van der Waals surface area (Å²) in [7, 11) is 2.36. The molecular formula is C30H42N2O2. The Morgan fingerprint density at radius 3 is 2.71 bits per heavy atom. The van der Waals surface area contributed by atoms with Gasteiger partial charge in [0.25, 0.3) is 0 Å². The van der Waals surface area contributed by atoms with E-state index >= 15 is 0 Å². The molecule has 1 aromatic rings. The summed E-state index contributed by atoms with van der Waals surface area (Å²) in [6.07, 6.45) is 12.4. The van der Waals surface area contributed by atoms with Crippen molar-refractivity contribution in [2.45, 2.75) is 83.9 Å². The molecule has 0 radical (unpaired) electrons. The molecule has 1 aromatic carbocycles. The number of allylic oxidation sites excluding steroid dienone is 1. The Labute approximate surface area is 205 Å². The van der Waals surface area contributed by atoms with E-state index in [0.29, 0.717) is 17.4 Å². The van der Waals surface area contributed by atoms with Crippen molar-refractivity contribution in [1.82, 2.24) is 10.2 Å². The average Bonchev–Trinajstić information content (AvgIpc) is 3.32. The number of hydrogen-bond donors (Lipinski definition) is 1. The van der Waals surface area contributed by atoms with Crippen molar-refractivity contribution in [2.75, 3.05) is 13.6 Å². The summed E-state index contributed by atoms with van der Waals surface area (Å²) >= 11 is 0. The fraction of sp³-hybridized carbons (Fsp3) is 0.700. The molecule has 0 bridgehead atoms. The summed E-state index contributed by atoms with van der Waals surface area (Å²) in [6, 6.07) is 10.8. The van der Waals surface area contributed by atoms with E-state index in [1.165, 1.54) is 38.6 Å². The summed E-state index contributed by atoms with van der Waals surface area (Å²) in [5, 5.41) is 2.94. The molecule has 4 fully saturated rings. The Morgan fingerprint density at radius 2 is 1.88 bits per heavy atom. The molecule has 184 valence electrons. The van der Waals surface area contributed by atoms with Gasteiger partial charge in [-0.1, -0.05) is 48.9 Å². The molecule has 34 heavy (non-hydrogen) atoms. The highest BCUT2D eigenvalue weighted by Crippen LogP contribution is 2.68. The van der Waals surface area contributed by atoms with Crippen LogP contribution in [0.25, 0.3) is 0 Å². The van der Waals surface area contributed by atoms with E-state index < -0.39 is 0 Å². The zero-order valence-electron chi connectivity index (χ0n) is 21.3. The maximum atomic E-state index is 12.5. The van der Waals surface area contributed by atoms with Gasteiger partial charge in [0.2, 0.25) is 0 Å². The normalized spacial score (nSPS) is 43.2. The number of amides is 1. The monoisotopic (exact) mass is 462 g/mol. The summed E-state index contributed by atoms with van der Waals surface area (Å²) in [6.45, 7) is 6.88. The van der Waals surface area contributed by atoms with Gasteiger partial charge in [-0.25, -0.2) is 4.79 Å². The minimum absolute atomic E-state index is 0.0155. The van der Waals surface area contributed by atoms with Gasteiger partial charge in [0.1, 0.15) is 6.10 Å². The number of carbonyl (C=O) groups excluding carboxylic acids is 1. The van der Waals surface area contributed by atoms with Gasteiger partial charge in [0, 0.05) is 25.6 Å². The van der Waals surface area contributed by atoms with Gasteiger partial charge in [-0.2, -0.15) is 0 Å². The summed E-state index contributed by atoms with van der Waals surface area (Å²) in [5.41, 5.74) is 3.58. The van der Waals surface area contributed by atoms with E-state index in [0.717, 1.165) is 54.5 Å². The van der Waals surface area contributed by atoms with Gasteiger partial charge in [0.15, 0.2) is 0 Å². The lowest BCUT2D eigenvalue weighted by molar-refractivity contribution is -0.0488. The first kappa shape index (κ1) is 22.6. The van der Waals surface area contributed by atoms with E-state index in [1.807, 2.05) is 30.3 Å². The first-order chi connectivity index (χ1) is 16.4. The number of rotatable bonds is 3. The van der Waals surface area contributed by atoms with Crippen molar-refractivity contribution in [2.24, 2.45) is 34.5 Å². The summed E-state index contributed by atoms with van der Waals surface area (Å²) in [4.78, 5) is 15.1. The van der Waals surface area contributed by atoms with Crippen molar-refractivity contribution in [3.05, 3.63) is 47.5 Å². The average molecular weight is 463 g/mol. The van der Waals surface area contributed by atoms with E-state index in [9.17, 15) is 4.79 Å². The number of likely N-dealkylation sites (tertiary alicyclic amines) is 1. The number of nitrogens with zero attached hydrogens (tertiary/aromatic N) is 1. The van der Waals surface area contributed by atoms with Crippen LogP contribution in [0.4, 0.5) is 4.79 Å². The number of carbonyl (C=O) groups is 1. The predicted octanol–water partition coefficient (Wildman–Crippen LogP) is 6.17. The number of hydrogen-bond acceptors (Lipinski definition) is 3. The topological polar surface area (TPSA) is 41.6 Å². The summed E-state index contributed by atoms with van der Waals surface area (Å²) in [5.74, 6) is 3.50. The molecule has 1 N–H and O–H groups in total. The Bertz CT molecular complexity index is 960. The minimum atomic E-state index is -0.275. The minimum Gasteiger partial charge on any atom is -0.446 e. The van der Waals surface area contributed by atoms with Gasteiger partial charge < -0.3 is 15.0 Å². The molecule has 1 aliphatic heterocycles. The third-order valence-electron chi connectivity index (χ3n) is 11.2. The van der Waals surface area contributed by atoms with Gasteiger partial charge in [-0.15, -0.1) is 0 Å². The van der Waals surface area contributed by atoms with Crippen LogP contribution >= 0.6 is 0 Å². The molecule has 1 heterocycles. The number of fused-ring (bicyclic) bond motifs is 4. The van der Waals surface area contributed by atoms with E-state index in [-0.39, 0.29) is 12.2 Å². The second-order valence-electron chi connectivity index (χ2n) is 12.5. The molecule has 1 amide bonds. The van der Waals surface area contributed by atoms with Crippen molar-refractivity contribution in [3.63, 3.8) is 0 Å². The van der Waals surface area contributed by atoms with Crippen molar-refractivity contribution in [3.8, 4) is 0 Å². The van der Waals surface area contributed by atoms with Crippen LogP contribution in [0.5, 0.6) is 0 Å². The van der Waals surface area contributed by atoms with Gasteiger partial charge >= 0.3 is 6.09 Å². The Morgan fingerprint density at radius 1 is 1.09 bits per heavy atom. The molecule has 1 spiro atoms. The maximum absolute atomic E-state index is 12.5. The van der Waals surface area contributed by atoms with Crippen LogP contribution in [0.2, 0.25) is 0 Å². The molecule has 4 heteroatoms. The predicted molar refractivity (Wildman–Crippen MR) is 135 cm³/mol. The number of nitrogens with one attached hydrogen (secondary N) is 1. The van der Waals surface area contributed by atoms with E-state index in [2.05, 4.69) is 37.2 Å². The second-order valence-corrected chi connectivity index (χ2v) is 12.5. The van der Waals surface area contributed by atoms with Crippen molar-refractivity contribution >= 4 is 6.09 Å². The standard InChI is InChI=1S/C30H42N2O2/c1-20-25-11-12-27-24-10-9-22-17-23(34-28(33)31-18-21-7-5-4-6-8-21)13-15-29(22,2)26(24)14-16-30(25,27)19-32(20)3/h4-9,20,23-27H,10-19H2,1-3H3,(H,31,33)/t20-,23-,24+,25+,26-,27?,29-,30-/m0/s1. The Hall–Kier alpha value is -1.81. The van der Waals surface area contributed by atoms with Gasteiger partial charge in [-0.3, -0.25) is 0 Å². The molecule has 0 aromatic heterocycles. The van der Waals surface area contributed by atoms with Crippen LogP contribution in [0.15, 0.2) is 42.0 Å². The number of benzene rings is 1. The third kappa shape index (κ3) is 3.46. The van der Waals surface area contributed by atoms with Crippen molar-refractivity contribution in [1.29, 1.82) is 0 Å². The highest BCUT2D eigenvalue weighted by Gasteiger charge is 2.64. The van der Waals surface area contributed by atoms with Crippen LogP contribution in [-0.2, 0) is 11.3 Å². The molecule has 6 rings (SSSR count). The fourth-order valence-corrected chi connectivity index (χ4v) is 9.49. The molecule has 8 atom stereocenters. The van der Waals surface area contributed by atoms with Crippen molar-refractivity contribution < 1.29 is 9.53 Å². The quantitative estimate of drug-likeness (QED) is 0.546. The SMILES string of the molecule is C[C@H]1[C@H]2CCC3[C@@H]4CC=C5C[C@@H](OC(=O)NCc6ccccc6)CC[C@]5(C)[C@H]4CC[C@@]32CN1C. The van der Waals surface area contributed by atoms with Gasteiger partial charge in [-0.05, 0) is 99.0 Å². The first-order valence-corrected chi connectivity index (χ1v) is 13.8. The first-order valence-electron chi connectivity index (χ1n) is 13.8. The molecule has 1 saturated heterocycles. The van der Waals surface area contributed by atoms with Crippen LogP contribution < -0.4 is 5.32 Å². The highest BCUT2D eigenvalue weighted by molar-refractivity contribution is 5.67. The third-order valence-corrected chi connectivity index (χ3v) is 11.2. The fourth-order valence-electron chi connectivity index (χ4n) is 9.49. The molecule has 3 saturated carbocycles. The molecule has 1 unspecified atom stereocenters. The smallest absolute Gasteiger partial charge is 0.407 e. The lowest BCUT2D eigenvalue weighted by atomic mass is 9.47. The second kappa shape index (κ2) is 8.40. The maximum Gasteiger partial charge on any atom is 0.407 e. The van der Waals surface area contributed by atoms with Gasteiger partial charge in [0.05, 0.1) is 0 Å². The van der Waals surface area contributed by atoms with Crippen LogP contribution in [-0.4, -0.2) is 36.7 Å². The van der Waals surface area contributed by atoms with E-state index in [1.54, 1.807) is 5.57 Å². The zero-order chi connectivity index (χ0) is 23.5. The Balaban J connectivity index is 1.12. The lowest BCUT2D eigenvalue weighted by Crippen LogP contribution is -2.52. The largest absolute Gasteiger partial charge is 0.446 e. The lowest BCUT2D eigenvalue weighted by Gasteiger charge is -2.58. The van der Waals surface area contributed by atoms with Crippen LogP contribution in [0.3, 0.4) is 0 Å². The van der Waals surface area contributed by atoms with E-state index in [4.69, 9.17) is 4.74 Å². The molecule has 4 nitrogen and oxygen atoms in total. The molecular weight excluding hydrogens is 420 g/mol. The number of alkyl carbamates (subject to hydrolysis) is 1. The molecule has 4 aliphatic carbocycles. The molecule has 5 aliphatic rings. The summed E-state index contributed by atoms with van der Waals surface area (Å²) < 4.78 is 5.90. The van der Waals surface area contributed by atoms with Crippen LogP contribution in [0.1, 0.15) is 70.8 Å². The Kier molecular flexibility index (Phi) is 5.59. The van der Waals surface area contributed by atoms with Crippen LogP contribution in [0, 0.1) is 34.5 Å².